The monoisotopic (exact) mass is 323 g/mol. The standard InChI is InChI=1S/C12H21NO9/c14-1-3-18-6-10(7-19-4-2-15)22-12(17)20-8-9-5-13-11(16)21-9/h9-10,14-15H,1-8H2,(H,13,16)/t9-/m0/s1. The fraction of sp³-hybridized carbons (Fsp3) is 0.833. The van der Waals surface area contributed by atoms with E-state index in [9.17, 15) is 9.59 Å². The molecule has 10 heteroatoms. The highest BCUT2D eigenvalue weighted by atomic mass is 16.7. The van der Waals surface area contributed by atoms with Gasteiger partial charge < -0.3 is 39.2 Å². The smallest absolute Gasteiger partial charge is 0.441 e. The van der Waals surface area contributed by atoms with Crippen LogP contribution in [-0.4, -0.2) is 87.5 Å². The van der Waals surface area contributed by atoms with Crippen LogP contribution in [0.4, 0.5) is 9.59 Å². The van der Waals surface area contributed by atoms with Gasteiger partial charge in [-0.15, -0.1) is 0 Å². The maximum Gasteiger partial charge on any atom is 0.508 e. The summed E-state index contributed by atoms with van der Waals surface area (Å²) in [5, 5.41) is 19.7. The minimum absolute atomic E-state index is 0.0149. The number of carbonyl (C=O) groups is 2. The van der Waals surface area contributed by atoms with Crippen LogP contribution >= 0.6 is 0 Å². The Kier molecular flexibility index (Phi) is 9.23. The first-order valence-electron chi connectivity index (χ1n) is 6.80. The zero-order valence-electron chi connectivity index (χ0n) is 12.1. The first-order chi connectivity index (χ1) is 10.7. The van der Waals surface area contributed by atoms with Crippen molar-refractivity contribution in [1.82, 2.24) is 5.32 Å². The van der Waals surface area contributed by atoms with E-state index in [0.29, 0.717) is 0 Å². The Labute approximate surface area is 127 Å². The molecule has 0 saturated carbocycles. The van der Waals surface area contributed by atoms with Crippen LogP contribution in [0.5, 0.6) is 0 Å². The van der Waals surface area contributed by atoms with Crippen LogP contribution in [0.1, 0.15) is 0 Å². The molecule has 0 aromatic carbocycles. The number of nitrogens with one attached hydrogen (secondary N) is 1. The first-order valence-corrected chi connectivity index (χ1v) is 6.80. The van der Waals surface area contributed by atoms with Crippen molar-refractivity contribution in [2.75, 3.05) is 52.8 Å². The maximum absolute atomic E-state index is 11.5. The summed E-state index contributed by atoms with van der Waals surface area (Å²) >= 11 is 0. The Morgan fingerprint density at radius 1 is 1.27 bits per heavy atom. The lowest BCUT2D eigenvalue weighted by atomic mass is 10.4. The molecule has 10 nitrogen and oxygen atoms in total. The minimum atomic E-state index is -0.951. The fourth-order valence-electron chi connectivity index (χ4n) is 1.53. The van der Waals surface area contributed by atoms with E-state index in [2.05, 4.69) is 5.32 Å². The summed E-state index contributed by atoms with van der Waals surface area (Å²) in [6.07, 6.45) is -2.80. The van der Waals surface area contributed by atoms with Crippen molar-refractivity contribution in [2.45, 2.75) is 12.2 Å². The Bertz CT molecular complexity index is 329. The summed E-state index contributed by atoms with van der Waals surface area (Å²) in [7, 11) is 0. The van der Waals surface area contributed by atoms with Crippen molar-refractivity contribution in [3.63, 3.8) is 0 Å². The molecule has 3 N–H and O–H groups in total. The van der Waals surface area contributed by atoms with E-state index in [4.69, 9.17) is 33.9 Å². The van der Waals surface area contributed by atoms with Crippen LogP contribution in [-0.2, 0) is 23.7 Å². The molecule has 0 aromatic heterocycles. The average Bonchev–Trinajstić information content (AvgIpc) is 2.91. The van der Waals surface area contributed by atoms with E-state index in [0.717, 1.165) is 0 Å². The number of ether oxygens (including phenoxy) is 5. The second-order valence-electron chi connectivity index (χ2n) is 4.31. The molecule has 1 heterocycles. The molecule has 1 rings (SSSR count). The highest BCUT2D eigenvalue weighted by Crippen LogP contribution is 2.03. The molecular weight excluding hydrogens is 302 g/mol. The average molecular weight is 323 g/mol. The van der Waals surface area contributed by atoms with E-state index in [-0.39, 0.29) is 52.8 Å². The molecule has 0 radical (unpaired) electrons. The van der Waals surface area contributed by atoms with Crippen LogP contribution in [0.15, 0.2) is 0 Å². The van der Waals surface area contributed by atoms with Crippen LogP contribution in [0.2, 0.25) is 0 Å². The van der Waals surface area contributed by atoms with Gasteiger partial charge in [0.15, 0.2) is 12.2 Å². The van der Waals surface area contributed by atoms with Crippen molar-refractivity contribution in [2.24, 2.45) is 0 Å². The molecule has 0 bridgehead atoms. The van der Waals surface area contributed by atoms with Crippen molar-refractivity contribution in [3.8, 4) is 0 Å². The Hall–Kier alpha value is -1.62. The third kappa shape index (κ3) is 7.98. The van der Waals surface area contributed by atoms with Gasteiger partial charge in [0.05, 0.1) is 46.2 Å². The largest absolute Gasteiger partial charge is 0.508 e. The summed E-state index contributed by atoms with van der Waals surface area (Å²) < 4.78 is 24.7. The molecule has 1 saturated heterocycles. The second kappa shape index (κ2) is 11.0. The Morgan fingerprint density at radius 2 is 1.91 bits per heavy atom. The Balaban J connectivity index is 2.25. The number of carbonyl (C=O) groups excluding carboxylic acids is 2. The fourth-order valence-corrected chi connectivity index (χ4v) is 1.53. The highest BCUT2D eigenvalue weighted by Gasteiger charge is 2.25. The van der Waals surface area contributed by atoms with Crippen LogP contribution in [0.25, 0.3) is 0 Å². The van der Waals surface area contributed by atoms with E-state index >= 15 is 0 Å². The van der Waals surface area contributed by atoms with E-state index in [1.54, 1.807) is 0 Å². The molecule has 128 valence electrons. The molecule has 1 amide bonds. The molecule has 22 heavy (non-hydrogen) atoms. The molecule has 1 fully saturated rings. The van der Waals surface area contributed by atoms with Gasteiger partial charge in [-0.1, -0.05) is 0 Å². The number of aliphatic hydroxyl groups is 2. The van der Waals surface area contributed by atoms with Crippen LogP contribution in [0, 0.1) is 0 Å². The molecule has 1 aliphatic heterocycles. The summed E-state index contributed by atoms with van der Waals surface area (Å²) in [6.45, 7) is 0.0385. The molecule has 0 unspecified atom stereocenters. The third-order valence-corrected chi connectivity index (χ3v) is 2.48. The van der Waals surface area contributed by atoms with Gasteiger partial charge >= 0.3 is 12.2 Å². The number of alkyl carbamates (subject to hydrolysis) is 1. The van der Waals surface area contributed by atoms with Gasteiger partial charge in [0, 0.05) is 0 Å². The van der Waals surface area contributed by atoms with Crippen LogP contribution in [0.3, 0.4) is 0 Å². The van der Waals surface area contributed by atoms with Gasteiger partial charge in [0.1, 0.15) is 6.61 Å². The predicted octanol–water partition coefficient (Wildman–Crippen LogP) is -1.37. The normalized spacial score (nSPS) is 17.2. The zero-order valence-corrected chi connectivity index (χ0v) is 12.1. The number of hydrogen-bond acceptors (Lipinski definition) is 9. The van der Waals surface area contributed by atoms with Gasteiger partial charge in [-0.05, 0) is 0 Å². The van der Waals surface area contributed by atoms with E-state index in [1.165, 1.54) is 0 Å². The maximum atomic E-state index is 11.5. The van der Waals surface area contributed by atoms with Crippen molar-refractivity contribution in [1.29, 1.82) is 0 Å². The van der Waals surface area contributed by atoms with Crippen molar-refractivity contribution >= 4 is 12.2 Å². The van der Waals surface area contributed by atoms with Crippen molar-refractivity contribution < 1.29 is 43.5 Å². The summed E-state index contributed by atoms with van der Waals surface area (Å²) in [6, 6.07) is 0. The number of amides is 1. The minimum Gasteiger partial charge on any atom is -0.441 e. The molecule has 0 spiro atoms. The van der Waals surface area contributed by atoms with Gasteiger partial charge in [-0.3, -0.25) is 0 Å². The lowest BCUT2D eigenvalue weighted by Gasteiger charge is -2.18. The Morgan fingerprint density at radius 3 is 2.41 bits per heavy atom. The lowest BCUT2D eigenvalue weighted by molar-refractivity contribution is -0.0622. The number of rotatable bonds is 11. The molecule has 1 atom stereocenters. The van der Waals surface area contributed by atoms with E-state index < -0.39 is 24.5 Å². The van der Waals surface area contributed by atoms with Gasteiger partial charge in [-0.25, -0.2) is 9.59 Å². The summed E-state index contributed by atoms with van der Waals surface area (Å²) in [5.41, 5.74) is 0. The molecule has 0 aromatic rings. The quantitative estimate of drug-likeness (QED) is 0.311. The molecule has 0 aliphatic carbocycles. The highest BCUT2D eigenvalue weighted by molar-refractivity contribution is 5.69. The lowest BCUT2D eigenvalue weighted by Crippen LogP contribution is -2.31. The third-order valence-electron chi connectivity index (χ3n) is 2.48. The zero-order chi connectivity index (χ0) is 16.2. The first kappa shape index (κ1) is 18.4. The summed E-state index contributed by atoms with van der Waals surface area (Å²) in [5.74, 6) is 0. The van der Waals surface area contributed by atoms with Crippen molar-refractivity contribution in [3.05, 3.63) is 0 Å². The van der Waals surface area contributed by atoms with E-state index in [1.807, 2.05) is 0 Å². The number of aliphatic hydroxyl groups excluding tert-OH is 2. The molecular formula is C12H21NO9. The topological polar surface area (TPSA) is 133 Å². The predicted molar refractivity (Wildman–Crippen MR) is 70.3 cm³/mol. The number of hydrogen-bond donors (Lipinski definition) is 3. The number of cyclic esters (lactones) is 1. The van der Waals surface area contributed by atoms with Gasteiger partial charge in [-0.2, -0.15) is 0 Å². The molecule has 1 aliphatic rings. The van der Waals surface area contributed by atoms with Gasteiger partial charge in [0.2, 0.25) is 0 Å². The van der Waals surface area contributed by atoms with Gasteiger partial charge in [0.25, 0.3) is 0 Å². The second-order valence-corrected chi connectivity index (χ2v) is 4.31. The van der Waals surface area contributed by atoms with Crippen LogP contribution < -0.4 is 5.32 Å². The summed E-state index contributed by atoms with van der Waals surface area (Å²) in [4.78, 5) is 22.3. The SMILES string of the molecule is O=C1NC[C@@H](COC(=O)OC(COCCO)COCCO)O1.